The van der Waals surface area contributed by atoms with Gasteiger partial charge in [-0.3, -0.25) is 4.79 Å². The molecule has 0 fully saturated rings. The van der Waals surface area contributed by atoms with Crippen molar-refractivity contribution in [2.45, 2.75) is 47.0 Å². The summed E-state index contributed by atoms with van der Waals surface area (Å²) >= 11 is 0. The summed E-state index contributed by atoms with van der Waals surface area (Å²) in [6.07, 6.45) is 0. The Morgan fingerprint density at radius 3 is 2.06 bits per heavy atom. The van der Waals surface area contributed by atoms with E-state index in [2.05, 4.69) is 5.10 Å². The van der Waals surface area contributed by atoms with Gasteiger partial charge in [0.2, 0.25) is 0 Å². The Kier molecular flexibility index (Phi) is 2.88. The highest BCUT2D eigenvalue weighted by Crippen LogP contribution is 2.25. The SMILES string of the molecule is CC(C)(C)C(=O)n1nc(C(C)(C)C)cc1N. The second kappa shape index (κ2) is 3.61. The zero-order valence-electron chi connectivity index (χ0n) is 11.0. The quantitative estimate of drug-likeness (QED) is 0.735. The molecule has 0 aliphatic rings. The Bertz CT molecular complexity index is 405. The van der Waals surface area contributed by atoms with Gasteiger partial charge in [0.25, 0.3) is 5.91 Å². The second-order valence-corrected chi connectivity index (χ2v) is 6.17. The van der Waals surface area contributed by atoms with Crippen molar-refractivity contribution in [1.29, 1.82) is 0 Å². The van der Waals surface area contributed by atoms with Crippen LogP contribution >= 0.6 is 0 Å². The van der Waals surface area contributed by atoms with E-state index in [1.807, 2.05) is 41.5 Å². The van der Waals surface area contributed by atoms with Crippen molar-refractivity contribution in [3.05, 3.63) is 11.8 Å². The number of nitrogen functional groups attached to an aromatic ring is 1. The molecule has 0 unspecified atom stereocenters. The Morgan fingerprint density at radius 2 is 1.75 bits per heavy atom. The molecule has 0 aliphatic heterocycles. The Labute approximate surface area is 96.8 Å². The number of hydrogen-bond donors (Lipinski definition) is 1. The maximum absolute atomic E-state index is 12.0. The first kappa shape index (κ1) is 12.7. The number of nitrogens with two attached hydrogens (primary N) is 1. The Hall–Kier alpha value is -1.32. The van der Waals surface area contributed by atoms with Crippen molar-refractivity contribution in [2.75, 3.05) is 5.73 Å². The smallest absolute Gasteiger partial charge is 0.254 e. The summed E-state index contributed by atoms with van der Waals surface area (Å²) in [7, 11) is 0. The monoisotopic (exact) mass is 223 g/mol. The first-order valence-electron chi connectivity index (χ1n) is 5.44. The van der Waals surface area contributed by atoms with Gasteiger partial charge in [0.1, 0.15) is 5.82 Å². The van der Waals surface area contributed by atoms with Crippen LogP contribution in [0, 0.1) is 5.41 Å². The summed E-state index contributed by atoms with van der Waals surface area (Å²) in [5.41, 5.74) is 6.07. The zero-order chi connectivity index (χ0) is 12.7. The van der Waals surface area contributed by atoms with Gasteiger partial charge >= 0.3 is 0 Å². The van der Waals surface area contributed by atoms with Gasteiger partial charge in [0, 0.05) is 16.9 Å². The molecule has 0 spiro atoms. The minimum atomic E-state index is -0.477. The topological polar surface area (TPSA) is 60.9 Å². The van der Waals surface area contributed by atoms with Gasteiger partial charge < -0.3 is 5.73 Å². The van der Waals surface area contributed by atoms with Crippen LogP contribution in [-0.4, -0.2) is 15.7 Å². The molecule has 90 valence electrons. The number of aromatic nitrogens is 2. The zero-order valence-corrected chi connectivity index (χ0v) is 11.0. The molecule has 0 radical (unpaired) electrons. The number of rotatable bonds is 0. The van der Waals surface area contributed by atoms with E-state index in [9.17, 15) is 4.79 Å². The normalized spacial score (nSPS) is 12.9. The minimum Gasteiger partial charge on any atom is -0.383 e. The van der Waals surface area contributed by atoms with Crippen LogP contribution < -0.4 is 5.73 Å². The fourth-order valence-corrected chi connectivity index (χ4v) is 1.24. The summed E-state index contributed by atoms with van der Waals surface area (Å²) in [4.78, 5) is 12.0. The average Bonchev–Trinajstić information content (AvgIpc) is 2.43. The molecule has 0 saturated carbocycles. The van der Waals surface area contributed by atoms with Gasteiger partial charge in [-0.25, -0.2) is 0 Å². The van der Waals surface area contributed by atoms with Crippen LogP contribution in [0.3, 0.4) is 0 Å². The van der Waals surface area contributed by atoms with E-state index in [0.29, 0.717) is 5.82 Å². The van der Waals surface area contributed by atoms with Gasteiger partial charge in [0.05, 0.1) is 5.69 Å². The summed E-state index contributed by atoms with van der Waals surface area (Å²) in [5, 5.41) is 4.29. The molecule has 2 N–H and O–H groups in total. The molecular weight excluding hydrogens is 202 g/mol. The number of hydrogen-bond acceptors (Lipinski definition) is 3. The molecular formula is C12H21N3O. The molecule has 0 aromatic carbocycles. The van der Waals surface area contributed by atoms with E-state index < -0.39 is 5.41 Å². The van der Waals surface area contributed by atoms with Crippen molar-refractivity contribution in [2.24, 2.45) is 5.41 Å². The number of carbonyl (C=O) groups is 1. The van der Waals surface area contributed by atoms with Crippen molar-refractivity contribution in [3.63, 3.8) is 0 Å². The van der Waals surface area contributed by atoms with Crippen LogP contribution in [0.2, 0.25) is 0 Å². The van der Waals surface area contributed by atoms with Crippen LogP contribution in [0.1, 0.15) is 52.0 Å². The van der Waals surface area contributed by atoms with Gasteiger partial charge in [-0.1, -0.05) is 41.5 Å². The summed E-state index contributed by atoms with van der Waals surface area (Å²) in [5.74, 6) is 0.324. The van der Waals surface area contributed by atoms with E-state index in [-0.39, 0.29) is 11.3 Å². The average molecular weight is 223 g/mol. The number of carbonyl (C=O) groups excluding carboxylic acids is 1. The first-order valence-corrected chi connectivity index (χ1v) is 5.44. The second-order valence-electron chi connectivity index (χ2n) is 6.17. The van der Waals surface area contributed by atoms with Crippen LogP contribution in [-0.2, 0) is 5.41 Å². The number of nitrogens with zero attached hydrogens (tertiary/aromatic N) is 2. The lowest BCUT2D eigenvalue weighted by molar-refractivity contribution is 0.0751. The highest BCUT2D eigenvalue weighted by molar-refractivity contribution is 5.85. The highest BCUT2D eigenvalue weighted by Gasteiger charge is 2.28. The molecule has 0 atom stereocenters. The maximum atomic E-state index is 12.0. The van der Waals surface area contributed by atoms with E-state index in [1.54, 1.807) is 6.07 Å². The predicted octanol–water partition coefficient (Wildman–Crippen LogP) is 2.45. The van der Waals surface area contributed by atoms with Crippen molar-refractivity contribution < 1.29 is 4.79 Å². The van der Waals surface area contributed by atoms with E-state index in [4.69, 9.17) is 5.73 Å². The molecule has 0 saturated heterocycles. The van der Waals surface area contributed by atoms with E-state index in [1.165, 1.54) is 4.68 Å². The fourth-order valence-electron chi connectivity index (χ4n) is 1.24. The molecule has 0 bridgehead atoms. The molecule has 0 amide bonds. The van der Waals surface area contributed by atoms with Gasteiger partial charge in [-0.2, -0.15) is 9.78 Å². The molecule has 1 rings (SSSR count). The molecule has 1 heterocycles. The predicted molar refractivity (Wildman–Crippen MR) is 65.4 cm³/mol. The van der Waals surface area contributed by atoms with Crippen molar-refractivity contribution in [1.82, 2.24) is 9.78 Å². The summed E-state index contributed by atoms with van der Waals surface area (Å²) < 4.78 is 1.31. The van der Waals surface area contributed by atoms with Gasteiger partial charge in [-0.15, -0.1) is 0 Å². The standard InChI is InChI=1S/C12H21N3O/c1-11(2,3)8-7-9(13)15(14-8)10(16)12(4,5)6/h7H,13H2,1-6H3. The summed E-state index contributed by atoms with van der Waals surface area (Å²) in [6.45, 7) is 11.7. The van der Waals surface area contributed by atoms with Crippen molar-refractivity contribution in [3.8, 4) is 0 Å². The van der Waals surface area contributed by atoms with Crippen LogP contribution in [0.5, 0.6) is 0 Å². The third-order valence-electron chi connectivity index (χ3n) is 2.34. The van der Waals surface area contributed by atoms with Crippen LogP contribution in [0.25, 0.3) is 0 Å². The Morgan fingerprint density at radius 1 is 1.25 bits per heavy atom. The lowest BCUT2D eigenvalue weighted by Gasteiger charge is -2.17. The molecule has 4 nitrogen and oxygen atoms in total. The lowest BCUT2D eigenvalue weighted by Crippen LogP contribution is -2.29. The molecule has 0 aliphatic carbocycles. The Balaban J connectivity index is 3.18. The van der Waals surface area contributed by atoms with Crippen LogP contribution in [0.4, 0.5) is 5.82 Å². The van der Waals surface area contributed by atoms with Crippen molar-refractivity contribution >= 4 is 11.7 Å². The third kappa shape index (κ3) is 2.43. The van der Waals surface area contributed by atoms with E-state index in [0.717, 1.165) is 5.69 Å². The lowest BCUT2D eigenvalue weighted by atomic mass is 9.92. The summed E-state index contributed by atoms with van der Waals surface area (Å²) in [6, 6.07) is 1.77. The van der Waals surface area contributed by atoms with Crippen LogP contribution in [0.15, 0.2) is 6.07 Å². The molecule has 4 heteroatoms. The minimum absolute atomic E-state index is 0.0829. The van der Waals surface area contributed by atoms with Gasteiger partial charge in [-0.05, 0) is 0 Å². The maximum Gasteiger partial charge on any atom is 0.254 e. The third-order valence-corrected chi connectivity index (χ3v) is 2.34. The molecule has 16 heavy (non-hydrogen) atoms. The number of anilines is 1. The molecule has 1 aromatic rings. The molecule has 1 aromatic heterocycles. The van der Waals surface area contributed by atoms with E-state index >= 15 is 0 Å². The fraction of sp³-hybridized carbons (Fsp3) is 0.667. The van der Waals surface area contributed by atoms with Gasteiger partial charge in [0.15, 0.2) is 0 Å². The first-order chi connectivity index (χ1) is 7.03. The largest absolute Gasteiger partial charge is 0.383 e. The highest BCUT2D eigenvalue weighted by atomic mass is 16.2.